The number of nitroso groups, excluding NO2 is 1. The Bertz CT molecular complexity index is 766. The van der Waals surface area contributed by atoms with Crippen molar-refractivity contribution in [2.75, 3.05) is 6.54 Å². The highest BCUT2D eigenvalue weighted by Crippen LogP contribution is 2.66. The van der Waals surface area contributed by atoms with Crippen LogP contribution < -0.4 is 0 Å². The van der Waals surface area contributed by atoms with Gasteiger partial charge in [-0.15, -0.1) is 0 Å². The van der Waals surface area contributed by atoms with Gasteiger partial charge in [0.25, 0.3) is 0 Å². The van der Waals surface area contributed by atoms with Gasteiger partial charge in [-0.05, 0) is 60.8 Å². The molecule has 0 N–H and O–H groups in total. The predicted molar refractivity (Wildman–Crippen MR) is 105 cm³/mol. The quantitative estimate of drug-likeness (QED) is 0.526. The molecule has 0 aromatic carbocycles. The Morgan fingerprint density at radius 1 is 1.26 bits per heavy atom. The number of carbonyl (C=O) groups excluding carboxylic acids is 2. The van der Waals surface area contributed by atoms with Crippen LogP contribution in [0.2, 0.25) is 0 Å². The zero-order valence-corrected chi connectivity index (χ0v) is 17.0. The van der Waals surface area contributed by atoms with Gasteiger partial charge in [-0.1, -0.05) is 50.1 Å². The third-order valence-corrected chi connectivity index (χ3v) is 8.58. The number of nitrogens with zero attached hydrogens (tertiary/aromatic N) is 1. The molecule has 3 unspecified atom stereocenters. The van der Waals surface area contributed by atoms with Gasteiger partial charge < -0.3 is 0 Å². The number of rotatable bonds is 3. The average Bonchev–Trinajstić information content (AvgIpc) is 2.87. The summed E-state index contributed by atoms with van der Waals surface area (Å²) in [7, 11) is 0. The molecule has 4 aliphatic rings. The maximum absolute atomic E-state index is 12.7. The molecule has 2 saturated carbocycles. The van der Waals surface area contributed by atoms with E-state index in [0.29, 0.717) is 30.1 Å². The van der Waals surface area contributed by atoms with Crippen LogP contribution in [0.15, 0.2) is 28.5 Å². The van der Waals surface area contributed by atoms with E-state index in [1.54, 1.807) is 0 Å². The van der Waals surface area contributed by atoms with Crippen molar-refractivity contribution in [1.82, 2.24) is 0 Å². The van der Waals surface area contributed by atoms with E-state index in [1.807, 2.05) is 6.08 Å². The lowest BCUT2D eigenvalue weighted by Crippen LogP contribution is -2.48. The van der Waals surface area contributed by atoms with Gasteiger partial charge in [0.2, 0.25) is 0 Å². The number of allylic oxidation sites excluding steroid dienone is 4. The summed E-state index contributed by atoms with van der Waals surface area (Å²) in [6.07, 6.45) is 8.82. The van der Waals surface area contributed by atoms with Crippen molar-refractivity contribution in [2.45, 2.75) is 59.8 Å². The molecule has 0 heterocycles. The third-order valence-electron chi connectivity index (χ3n) is 8.58. The van der Waals surface area contributed by atoms with Crippen LogP contribution in [0.5, 0.6) is 0 Å². The lowest BCUT2D eigenvalue weighted by Gasteiger charge is -2.55. The second-order valence-corrected chi connectivity index (χ2v) is 10.1. The molecule has 0 spiro atoms. The van der Waals surface area contributed by atoms with E-state index in [9.17, 15) is 14.5 Å². The summed E-state index contributed by atoms with van der Waals surface area (Å²) >= 11 is 0. The summed E-state index contributed by atoms with van der Waals surface area (Å²) < 4.78 is 0. The van der Waals surface area contributed by atoms with Gasteiger partial charge in [0.15, 0.2) is 11.6 Å². The van der Waals surface area contributed by atoms with Crippen LogP contribution in [-0.2, 0) is 9.59 Å². The van der Waals surface area contributed by atoms with Crippen LogP contribution in [-0.4, -0.2) is 18.1 Å². The molecule has 27 heavy (non-hydrogen) atoms. The minimum atomic E-state index is -0.194. The van der Waals surface area contributed by atoms with Crippen LogP contribution >= 0.6 is 0 Å². The smallest absolute Gasteiger partial charge is 0.161 e. The van der Waals surface area contributed by atoms with Crippen molar-refractivity contribution in [3.05, 3.63) is 28.2 Å². The van der Waals surface area contributed by atoms with E-state index in [0.717, 1.165) is 25.7 Å². The monoisotopic (exact) mass is 369 g/mol. The summed E-state index contributed by atoms with van der Waals surface area (Å²) in [6, 6.07) is 0. The molecule has 0 aromatic heterocycles. The maximum Gasteiger partial charge on any atom is 0.161 e. The predicted octanol–water partition coefficient (Wildman–Crippen LogP) is 4.88. The summed E-state index contributed by atoms with van der Waals surface area (Å²) in [5.41, 5.74) is 2.78. The van der Waals surface area contributed by atoms with Gasteiger partial charge in [0, 0.05) is 17.8 Å². The van der Waals surface area contributed by atoms with Crippen molar-refractivity contribution in [3.8, 4) is 0 Å². The summed E-state index contributed by atoms with van der Waals surface area (Å²) in [4.78, 5) is 35.5. The van der Waals surface area contributed by atoms with Crippen LogP contribution in [0.3, 0.4) is 0 Å². The molecule has 4 rings (SSSR count). The molecule has 7 atom stereocenters. The highest BCUT2D eigenvalue weighted by molar-refractivity contribution is 5.92. The first-order valence-electron chi connectivity index (χ1n) is 10.5. The van der Waals surface area contributed by atoms with E-state index in [4.69, 9.17) is 0 Å². The fourth-order valence-electron chi connectivity index (χ4n) is 7.39. The molecule has 2 fully saturated rings. The molecule has 4 heteroatoms. The third kappa shape index (κ3) is 2.55. The molecule has 0 bridgehead atoms. The molecule has 0 saturated heterocycles. The number of hydrogen-bond donors (Lipinski definition) is 0. The molecule has 146 valence electrons. The van der Waals surface area contributed by atoms with Gasteiger partial charge in [-0.3, -0.25) is 9.59 Å². The zero-order valence-electron chi connectivity index (χ0n) is 17.0. The van der Waals surface area contributed by atoms with Gasteiger partial charge in [0.1, 0.15) is 6.54 Å². The SMILES string of the molecule is CC1CC2=CC(=O)CC[C@]2(C)C2=CC[C@@]3(C)C(C[C@H](C)[C@@H]3C(=O)CN=O)C21. The van der Waals surface area contributed by atoms with Gasteiger partial charge >= 0.3 is 0 Å². The first-order valence-corrected chi connectivity index (χ1v) is 10.5. The number of hydrogen-bond acceptors (Lipinski definition) is 4. The minimum Gasteiger partial charge on any atom is -0.297 e. The topological polar surface area (TPSA) is 63.6 Å². The lowest BCUT2D eigenvalue weighted by atomic mass is 9.48. The highest BCUT2D eigenvalue weighted by atomic mass is 16.3. The average molecular weight is 370 g/mol. The first kappa shape index (κ1) is 18.8. The highest BCUT2D eigenvalue weighted by Gasteiger charge is 2.60. The molecule has 0 radical (unpaired) electrons. The fourth-order valence-corrected chi connectivity index (χ4v) is 7.39. The Morgan fingerprint density at radius 2 is 2.00 bits per heavy atom. The number of carbonyl (C=O) groups is 2. The molecule has 0 amide bonds. The molecular weight excluding hydrogens is 338 g/mol. The van der Waals surface area contributed by atoms with Gasteiger partial charge in [-0.2, -0.15) is 4.91 Å². The first-order chi connectivity index (χ1) is 12.7. The van der Waals surface area contributed by atoms with E-state index in [2.05, 4.69) is 38.9 Å². The van der Waals surface area contributed by atoms with E-state index in [-0.39, 0.29) is 34.9 Å². The Morgan fingerprint density at radius 3 is 2.70 bits per heavy atom. The maximum atomic E-state index is 12.7. The van der Waals surface area contributed by atoms with Crippen molar-refractivity contribution >= 4 is 11.6 Å². The van der Waals surface area contributed by atoms with Crippen molar-refractivity contribution in [3.63, 3.8) is 0 Å². The fraction of sp³-hybridized carbons (Fsp3) is 0.739. The Kier molecular flexibility index (Phi) is 4.32. The molecule has 0 aromatic rings. The molecule has 4 aliphatic carbocycles. The number of ketones is 2. The normalized spacial score (nSPS) is 45.9. The van der Waals surface area contributed by atoms with Gasteiger partial charge in [-0.25, -0.2) is 0 Å². The lowest BCUT2D eigenvalue weighted by molar-refractivity contribution is -0.127. The van der Waals surface area contributed by atoms with E-state index >= 15 is 0 Å². The minimum absolute atomic E-state index is 0.0160. The number of Topliss-reactive ketones (excluding diaryl/α,β-unsaturated/α-hetero) is 1. The molecule has 4 nitrogen and oxygen atoms in total. The van der Waals surface area contributed by atoms with Crippen LogP contribution in [0.4, 0.5) is 0 Å². The largest absolute Gasteiger partial charge is 0.297 e. The van der Waals surface area contributed by atoms with E-state index in [1.165, 1.54) is 11.1 Å². The molecular formula is C23H31NO3. The second-order valence-electron chi connectivity index (χ2n) is 10.1. The van der Waals surface area contributed by atoms with Crippen LogP contribution in [0, 0.1) is 45.3 Å². The van der Waals surface area contributed by atoms with Crippen molar-refractivity contribution in [2.24, 2.45) is 45.6 Å². The molecule has 0 aliphatic heterocycles. The number of fused-ring (bicyclic) bond motifs is 5. The van der Waals surface area contributed by atoms with Crippen LogP contribution in [0.25, 0.3) is 0 Å². The van der Waals surface area contributed by atoms with Crippen molar-refractivity contribution in [1.29, 1.82) is 0 Å². The van der Waals surface area contributed by atoms with E-state index < -0.39 is 0 Å². The second kappa shape index (κ2) is 6.22. The van der Waals surface area contributed by atoms with Crippen LogP contribution in [0.1, 0.15) is 59.8 Å². The summed E-state index contributed by atoms with van der Waals surface area (Å²) in [5.74, 6) is 1.96. The Balaban J connectivity index is 1.76. The zero-order chi connectivity index (χ0) is 19.6. The summed E-state index contributed by atoms with van der Waals surface area (Å²) in [6.45, 7) is 8.90. The van der Waals surface area contributed by atoms with Gasteiger partial charge in [0.05, 0.1) is 0 Å². The van der Waals surface area contributed by atoms with Crippen molar-refractivity contribution < 1.29 is 9.59 Å². The standard InChI is InChI=1S/C23H31NO3/c1-13-9-15-11-16(25)5-7-22(15,3)17-6-8-23(4)18(20(13)17)10-14(2)21(23)19(26)12-24-27/h6,11,13-14,18,20-21H,5,7-10,12H2,1-4H3/t13?,14-,18?,20?,21+,22-,23-/m0/s1. The Hall–Kier alpha value is -1.58. The Labute approximate surface area is 161 Å². The summed E-state index contributed by atoms with van der Waals surface area (Å²) in [5, 5.41) is 2.90.